The van der Waals surface area contributed by atoms with Gasteiger partial charge in [0.1, 0.15) is 12.4 Å². The third-order valence-electron chi connectivity index (χ3n) is 5.27. The third kappa shape index (κ3) is 6.50. The van der Waals surface area contributed by atoms with Gasteiger partial charge in [-0.1, -0.05) is 12.1 Å². The van der Waals surface area contributed by atoms with Crippen molar-refractivity contribution < 1.29 is 28.6 Å². The molecule has 0 spiro atoms. The second-order valence-electron chi connectivity index (χ2n) is 7.90. The number of nitrogens with zero attached hydrogens (tertiary/aromatic N) is 2. The molecule has 7 nitrogen and oxygen atoms in total. The van der Waals surface area contributed by atoms with Gasteiger partial charge < -0.3 is 14.6 Å². The smallest absolute Gasteiger partial charge is 0.335 e. The predicted molar refractivity (Wildman–Crippen MR) is 150 cm³/mol. The van der Waals surface area contributed by atoms with Crippen LogP contribution in [0, 0.1) is 9.39 Å². The number of amides is 1. The Hall–Kier alpha value is -3.38. The van der Waals surface area contributed by atoms with Gasteiger partial charge in [0.25, 0.3) is 5.91 Å². The number of ether oxygens (including phenoxy) is 2. The standard InChI is InChI=1S/C27H22FIN2O5S/c1-3-35-22-13-17(12-21(29)24(22)36-15-16-4-8-19(28)9-5-16)14-23-25(32)31(2)27(37-23)30-20-10-6-18(7-11-20)26(33)34/h4-14H,3,15H2,1-2H3,(H,33,34)/b23-14-,30-27?. The van der Waals surface area contributed by atoms with Crippen molar-refractivity contribution in [2.45, 2.75) is 13.5 Å². The first-order valence-electron chi connectivity index (χ1n) is 11.2. The number of aromatic carboxylic acids is 1. The van der Waals surface area contributed by atoms with Gasteiger partial charge in [0.05, 0.1) is 26.3 Å². The van der Waals surface area contributed by atoms with Crippen LogP contribution in [0.25, 0.3) is 6.08 Å². The summed E-state index contributed by atoms with van der Waals surface area (Å²) in [6.07, 6.45) is 1.77. The number of likely N-dealkylation sites (N-methyl/N-ethyl adjacent to an activating group) is 1. The summed E-state index contributed by atoms with van der Waals surface area (Å²) in [6, 6.07) is 15.9. The van der Waals surface area contributed by atoms with E-state index in [4.69, 9.17) is 14.6 Å². The van der Waals surface area contributed by atoms with Crippen LogP contribution in [0.1, 0.15) is 28.4 Å². The molecule has 0 saturated carbocycles. The normalized spacial score (nSPS) is 15.5. The number of hydrogen-bond donors (Lipinski definition) is 1. The van der Waals surface area contributed by atoms with Crippen molar-refractivity contribution in [1.82, 2.24) is 4.90 Å². The molecule has 0 aromatic heterocycles. The Morgan fingerprint density at radius 2 is 1.84 bits per heavy atom. The van der Waals surface area contributed by atoms with E-state index in [9.17, 15) is 14.0 Å². The first-order valence-corrected chi connectivity index (χ1v) is 13.1. The number of carbonyl (C=O) groups is 2. The first kappa shape index (κ1) is 26.7. The minimum Gasteiger partial charge on any atom is -0.490 e. The van der Waals surface area contributed by atoms with Crippen LogP contribution in [0.5, 0.6) is 11.5 Å². The van der Waals surface area contributed by atoms with Crippen LogP contribution >= 0.6 is 34.4 Å². The van der Waals surface area contributed by atoms with Crippen LogP contribution in [-0.4, -0.2) is 40.7 Å². The molecule has 1 aliphatic heterocycles. The molecule has 0 aliphatic carbocycles. The molecule has 1 N–H and O–H groups in total. The van der Waals surface area contributed by atoms with E-state index in [0.29, 0.717) is 33.9 Å². The van der Waals surface area contributed by atoms with Crippen LogP contribution in [0.4, 0.5) is 10.1 Å². The van der Waals surface area contributed by atoms with E-state index >= 15 is 0 Å². The van der Waals surface area contributed by atoms with Gasteiger partial charge in [-0.05, 0) is 107 Å². The number of amidine groups is 1. The summed E-state index contributed by atoms with van der Waals surface area (Å²) in [6.45, 7) is 2.55. The molecule has 1 fully saturated rings. The van der Waals surface area contributed by atoms with E-state index in [2.05, 4.69) is 27.6 Å². The number of carboxylic acid groups (broad SMARTS) is 1. The van der Waals surface area contributed by atoms with E-state index in [1.54, 1.807) is 37.4 Å². The van der Waals surface area contributed by atoms with Crippen molar-refractivity contribution >= 4 is 63.2 Å². The van der Waals surface area contributed by atoms with Crippen molar-refractivity contribution in [2.75, 3.05) is 13.7 Å². The first-order chi connectivity index (χ1) is 17.7. The molecule has 3 aromatic carbocycles. The summed E-state index contributed by atoms with van der Waals surface area (Å²) in [5.74, 6) is -0.404. The van der Waals surface area contributed by atoms with Crippen LogP contribution in [-0.2, 0) is 11.4 Å². The molecule has 37 heavy (non-hydrogen) atoms. The minimum atomic E-state index is -1.01. The lowest BCUT2D eigenvalue weighted by atomic mass is 10.1. The summed E-state index contributed by atoms with van der Waals surface area (Å²) in [7, 11) is 1.64. The third-order valence-corrected chi connectivity index (χ3v) is 7.13. The minimum absolute atomic E-state index is 0.165. The summed E-state index contributed by atoms with van der Waals surface area (Å²) < 4.78 is 25.8. The maximum Gasteiger partial charge on any atom is 0.335 e. The Bertz CT molecular complexity index is 1390. The topological polar surface area (TPSA) is 88.4 Å². The number of carboxylic acids is 1. The van der Waals surface area contributed by atoms with Crippen LogP contribution in [0.15, 0.2) is 70.6 Å². The molecule has 3 aromatic rings. The highest BCUT2D eigenvalue weighted by atomic mass is 127. The zero-order chi connectivity index (χ0) is 26.5. The molecule has 1 amide bonds. The van der Waals surface area contributed by atoms with E-state index in [1.165, 1.54) is 40.9 Å². The van der Waals surface area contributed by atoms with E-state index in [0.717, 1.165) is 14.7 Å². The lowest BCUT2D eigenvalue weighted by Gasteiger charge is -2.15. The number of carbonyl (C=O) groups excluding carboxylic acids is 1. The SMILES string of the molecule is CCOc1cc(/C=C2\SC(=Nc3ccc(C(=O)O)cc3)N(C)C2=O)cc(I)c1OCc1ccc(F)cc1. The Kier molecular flexibility index (Phi) is 8.49. The molecule has 1 heterocycles. The van der Waals surface area contributed by atoms with E-state index < -0.39 is 5.97 Å². The zero-order valence-corrected chi connectivity index (χ0v) is 22.9. The van der Waals surface area contributed by atoms with Gasteiger partial charge >= 0.3 is 5.97 Å². The van der Waals surface area contributed by atoms with Gasteiger partial charge in [-0.15, -0.1) is 0 Å². The summed E-state index contributed by atoms with van der Waals surface area (Å²) in [5.41, 5.74) is 2.30. The Labute approximate surface area is 231 Å². The number of rotatable bonds is 8. The van der Waals surface area contributed by atoms with Crippen molar-refractivity contribution in [3.05, 3.63) is 91.6 Å². The Morgan fingerprint density at radius 3 is 2.49 bits per heavy atom. The van der Waals surface area contributed by atoms with Gasteiger partial charge in [0.15, 0.2) is 16.7 Å². The van der Waals surface area contributed by atoms with Crippen molar-refractivity contribution in [2.24, 2.45) is 4.99 Å². The number of aliphatic imine (C=N–C) groups is 1. The number of halogens is 2. The fourth-order valence-corrected chi connectivity index (χ4v) is 5.17. The average Bonchev–Trinajstić information content (AvgIpc) is 3.12. The van der Waals surface area contributed by atoms with E-state index in [1.807, 2.05) is 19.1 Å². The van der Waals surface area contributed by atoms with Gasteiger partial charge in [-0.3, -0.25) is 9.69 Å². The summed E-state index contributed by atoms with van der Waals surface area (Å²) in [4.78, 5) is 30.4. The van der Waals surface area contributed by atoms with E-state index in [-0.39, 0.29) is 23.9 Å². The predicted octanol–water partition coefficient (Wildman–Crippen LogP) is 6.34. The van der Waals surface area contributed by atoms with Crippen molar-refractivity contribution in [3.63, 3.8) is 0 Å². The van der Waals surface area contributed by atoms with Crippen LogP contribution in [0.3, 0.4) is 0 Å². The summed E-state index contributed by atoms with van der Waals surface area (Å²) >= 11 is 3.39. The lowest BCUT2D eigenvalue weighted by Crippen LogP contribution is -2.23. The highest BCUT2D eigenvalue weighted by molar-refractivity contribution is 14.1. The monoisotopic (exact) mass is 632 g/mol. The molecule has 0 unspecified atom stereocenters. The molecular formula is C27H22FIN2O5S. The molecule has 190 valence electrons. The van der Waals surface area contributed by atoms with Gasteiger partial charge in [-0.2, -0.15) is 0 Å². The zero-order valence-electron chi connectivity index (χ0n) is 19.9. The van der Waals surface area contributed by atoms with Crippen molar-refractivity contribution in [1.29, 1.82) is 0 Å². The molecule has 0 bridgehead atoms. The molecule has 10 heteroatoms. The van der Waals surface area contributed by atoms with Gasteiger partial charge in [-0.25, -0.2) is 14.2 Å². The number of hydrogen-bond acceptors (Lipinski definition) is 6. The van der Waals surface area contributed by atoms with Crippen LogP contribution < -0.4 is 9.47 Å². The highest BCUT2D eigenvalue weighted by Gasteiger charge is 2.30. The fraction of sp³-hybridized carbons (Fsp3) is 0.148. The van der Waals surface area contributed by atoms with Crippen molar-refractivity contribution in [3.8, 4) is 11.5 Å². The fourth-order valence-electron chi connectivity index (χ4n) is 3.40. The number of benzene rings is 3. The molecule has 4 rings (SSSR count). The quantitative estimate of drug-likeness (QED) is 0.231. The van der Waals surface area contributed by atoms with Crippen LogP contribution in [0.2, 0.25) is 0 Å². The summed E-state index contributed by atoms with van der Waals surface area (Å²) in [5, 5.41) is 9.55. The van der Waals surface area contributed by atoms with Gasteiger partial charge in [0.2, 0.25) is 0 Å². The molecule has 0 atom stereocenters. The second kappa shape index (κ2) is 11.8. The highest BCUT2D eigenvalue weighted by Crippen LogP contribution is 2.38. The Morgan fingerprint density at radius 1 is 1.14 bits per heavy atom. The molecule has 1 aliphatic rings. The number of thioether (sulfide) groups is 1. The molecule has 1 saturated heterocycles. The average molecular weight is 632 g/mol. The maximum atomic E-state index is 13.2. The lowest BCUT2D eigenvalue weighted by molar-refractivity contribution is -0.121. The molecular weight excluding hydrogens is 610 g/mol. The maximum absolute atomic E-state index is 13.2. The second-order valence-corrected chi connectivity index (χ2v) is 10.1. The van der Waals surface area contributed by atoms with Gasteiger partial charge in [0, 0.05) is 7.05 Å². The molecule has 0 radical (unpaired) electrons. The largest absolute Gasteiger partial charge is 0.490 e. The Balaban J connectivity index is 1.57.